The summed E-state index contributed by atoms with van der Waals surface area (Å²) in [5, 5.41) is 3.70. The summed E-state index contributed by atoms with van der Waals surface area (Å²) in [6, 6.07) is 2.68. The fourth-order valence-electron chi connectivity index (χ4n) is 3.10. The van der Waals surface area contributed by atoms with Crippen molar-refractivity contribution in [1.29, 1.82) is 0 Å². The Bertz CT molecular complexity index is 356. The van der Waals surface area contributed by atoms with Gasteiger partial charge in [0.05, 0.1) is 0 Å². The van der Waals surface area contributed by atoms with Gasteiger partial charge < -0.3 is 5.32 Å². The van der Waals surface area contributed by atoms with Crippen molar-refractivity contribution in [3.05, 3.63) is 29.6 Å². The molecule has 0 amide bonds. The summed E-state index contributed by atoms with van der Waals surface area (Å²) in [6.45, 7) is 11.4. The second-order valence-corrected chi connectivity index (χ2v) is 6.18. The molecule has 0 saturated carbocycles. The summed E-state index contributed by atoms with van der Waals surface area (Å²) in [5.74, 6) is 0. The maximum absolute atomic E-state index is 4.30. The Morgan fingerprint density at radius 2 is 1.94 bits per heavy atom. The van der Waals surface area contributed by atoms with E-state index in [1.54, 1.807) is 0 Å². The van der Waals surface area contributed by atoms with Crippen molar-refractivity contribution >= 4 is 0 Å². The topological polar surface area (TPSA) is 24.9 Å². The Hall–Kier alpha value is -0.890. The fourth-order valence-corrected chi connectivity index (χ4v) is 3.10. The first-order valence-corrected chi connectivity index (χ1v) is 6.05. The minimum absolute atomic E-state index is 0.0332. The molecular weight excluding hydrogens is 196 g/mol. The number of fused-ring (bicyclic) bond motifs is 1. The second-order valence-electron chi connectivity index (χ2n) is 6.18. The largest absolute Gasteiger partial charge is 0.305 e. The molecule has 0 fully saturated rings. The van der Waals surface area contributed by atoms with E-state index in [2.05, 4.69) is 51.0 Å². The maximum Gasteiger partial charge on any atom is 0.0383 e. The van der Waals surface area contributed by atoms with E-state index in [1.165, 1.54) is 11.1 Å². The molecule has 0 radical (unpaired) electrons. The monoisotopic (exact) mass is 218 g/mol. The van der Waals surface area contributed by atoms with Crippen LogP contribution in [0.3, 0.4) is 0 Å². The number of aromatic nitrogens is 1. The summed E-state index contributed by atoms with van der Waals surface area (Å²) in [7, 11) is 0. The third kappa shape index (κ3) is 1.86. The third-order valence-electron chi connectivity index (χ3n) is 3.65. The lowest BCUT2D eigenvalue weighted by molar-refractivity contribution is 0.332. The van der Waals surface area contributed by atoms with Crippen LogP contribution in [-0.2, 0) is 11.0 Å². The summed E-state index contributed by atoms with van der Waals surface area (Å²) in [5.41, 5.74) is 3.00. The highest BCUT2D eigenvalue weighted by molar-refractivity contribution is 5.37. The van der Waals surface area contributed by atoms with Crippen LogP contribution in [0.2, 0.25) is 0 Å². The van der Waals surface area contributed by atoms with Gasteiger partial charge in [-0.15, -0.1) is 0 Å². The highest BCUT2D eigenvalue weighted by Crippen LogP contribution is 2.38. The van der Waals surface area contributed by atoms with Gasteiger partial charge in [0.1, 0.15) is 0 Å². The first-order valence-electron chi connectivity index (χ1n) is 6.05. The van der Waals surface area contributed by atoms with Gasteiger partial charge in [-0.3, -0.25) is 4.98 Å². The van der Waals surface area contributed by atoms with E-state index in [0.717, 1.165) is 6.42 Å². The molecule has 1 aliphatic heterocycles. The van der Waals surface area contributed by atoms with Gasteiger partial charge in [0.2, 0.25) is 0 Å². The van der Waals surface area contributed by atoms with Crippen molar-refractivity contribution in [1.82, 2.24) is 10.3 Å². The number of hydrogen-bond acceptors (Lipinski definition) is 2. The second kappa shape index (κ2) is 3.56. The Kier molecular flexibility index (Phi) is 2.58. The maximum atomic E-state index is 4.30. The zero-order valence-corrected chi connectivity index (χ0v) is 11.0. The Morgan fingerprint density at radius 1 is 1.25 bits per heavy atom. The van der Waals surface area contributed by atoms with Crippen LogP contribution in [0.15, 0.2) is 18.5 Å². The minimum atomic E-state index is 0.0332. The number of nitrogens with zero attached hydrogens (tertiary/aromatic N) is 1. The lowest BCUT2D eigenvalue weighted by atomic mass is 9.77. The van der Waals surface area contributed by atoms with Crippen LogP contribution >= 0.6 is 0 Å². The van der Waals surface area contributed by atoms with E-state index in [-0.39, 0.29) is 11.0 Å². The van der Waals surface area contributed by atoms with E-state index in [1.807, 2.05) is 12.4 Å². The van der Waals surface area contributed by atoms with Gasteiger partial charge in [-0.05, 0) is 49.8 Å². The minimum Gasteiger partial charge on any atom is -0.305 e. The molecule has 0 aliphatic carbocycles. The molecule has 2 heteroatoms. The van der Waals surface area contributed by atoms with Crippen LogP contribution in [0.4, 0.5) is 0 Å². The average molecular weight is 218 g/mol. The van der Waals surface area contributed by atoms with Crippen molar-refractivity contribution in [3.63, 3.8) is 0 Å². The Balaban J connectivity index is 2.61. The summed E-state index contributed by atoms with van der Waals surface area (Å²) in [4.78, 5) is 4.30. The van der Waals surface area contributed by atoms with Crippen LogP contribution in [0.5, 0.6) is 0 Å². The van der Waals surface area contributed by atoms with E-state index < -0.39 is 0 Å². The van der Waals surface area contributed by atoms with Gasteiger partial charge in [0.25, 0.3) is 0 Å². The Morgan fingerprint density at radius 3 is 2.62 bits per heavy atom. The molecule has 2 nitrogen and oxygen atoms in total. The molecule has 1 aromatic heterocycles. The predicted octanol–water partition coefficient (Wildman–Crippen LogP) is 2.98. The van der Waals surface area contributed by atoms with Crippen molar-refractivity contribution < 1.29 is 0 Å². The molecule has 1 aliphatic rings. The van der Waals surface area contributed by atoms with E-state index in [0.29, 0.717) is 6.04 Å². The molecule has 0 aromatic carbocycles. The fraction of sp³-hybridized carbons (Fsp3) is 0.643. The first kappa shape index (κ1) is 11.6. The molecular formula is C14H22N2. The van der Waals surface area contributed by atoms with Crippen LogP contribution in [0, 0.1) is 0 Å². The molecule has 1 unspecified atom stereocenters. The number of nitrogens with one attached hydrogen (secondary N) is 1. The molecule has 2 heterocycles. The zero-order valence-electron chi connectivity index (χ0n) is 11.0. The Labute approximate surface area is 98.5 Å². The van der Waals surface area contributed by atoms with Gasteiger partial charge in [-0.1, -0.05) is 13.8 Å². The van der Waals surface area contributed by atoms with E-state index in [9.17, 15) is 0 Å². The highest BCUT2D eigenvalue weighted by Gasteiger charge is 2.36. The molecule has 0 bridgehead atoms. The van der Waals surface area contributed by atoms with Crippen LogP contribution in [-0.4, -0.2) is 11.0 Å². The lowest BCUT2D eigenvalue weighted by Gasteiger charge is -2.29. The van der Waals surface area contributed by atoms with Crippen LogP contribution in [0.25, 0.3) is 0 Å². The van der Waals surface area contributed by atoms with Crippen molar-refractivity contribution in [2.24, 2.45) is 0 Å². The smallest absolute Gasteiger partial charge is 0.0383 e. The predicted molar refractivity (Wildman–Crippen MR) is 67.5 cm³/mol. The quantitative estimate of drug-likeness (QED) is 0.724. The standard InChI is InChI=1S/C14H22N2/c1-10-8-13(2,3)12-9-15-7-6-11(12)14(4,5)16-10/h6-7,9-10,16H,8H2,1-5H3. The molecule has 1 N–H and O–H groups in total. The molecule has 1 atom stereocenters. The van der Waals surface area contributed by atoms with Gasteiger partial charge in [0.15, 0.2) is 0 Å². The lowest BCUT2D eigenvalue weighted by Crippen LogP contribution is -2.41. The van der Waals surface area contributed by atoms with Gasteiger partial charge >= 0.3 is 0 Å². The van der Waals surface area contributed by atoms with E-state index in [4.69, 9.17) is 0 Å². The summed E-state index contributed by atoms with van der Waals surface area (Å²) >= 11 is 0. The van der Waals surface area contributed by atoms with Gasteiger partial charge in [0, 0.05) is 24.0 Å². The van der Waals surface area contributed by atoms with E-state index >= 15 is 0 Å². The highest BCUT2D eigenvalue weighted by atomic mass is 15.0. The van der Waals surface area contributed by atoms with Gasteiger partial charge in [-0.2, -0.15) is 0 Å². The third-order valence-corrected chi connectivity index (χ3v) is 3.65. The van der Waals surface area contributed by atoms with Crippen molar-refractivity contribution in [2.45, 2.75) is 58.0 Å². The zero-order chi connectivity index (χ0) is 12.0. The van der Waals surface area contributed by atoms with Crippen LogP contribution in [0.1, 0.15) is 52.2 Å². The molecule has 0 saturated heterocycles. The van der Waals surface area contributed by atoms with Crippen molar-refractivity contribution in [2.75, 3.05) is 0 Å². The van der Waals surface area contributed by atoms with Crippen LogP contribution < -0.4 is 5.32 Å². The summed E-state index contributed by atoms with van der Waals surface area (Å²) < 4.78 is 0. The SMILES string of the molecule is CC1CC(C)(C)c2cnccc2C(C)(C)N1. The number of pyridine rings is 1. The summed E-state index contributed by atoms with van der Waals surface area (Å²) in [6.07, 6.45) is 5.08. The molecule has 16 heavy (non-hydrogen) atoms. The molecule has 0 spiro atoms. The van der Waals surface area contributed by atoms with Gasteiger partial charge in [-0.25, -0.2) is 0 Å². The average Bonchev–Trinajstić information content (AvgIpc) is 2.21. The number of rotatable bonds is 0. The first-order chi connectivity index (χ1) is 7.33. The molecule has 88 valence electrons. The molecule has 1 aromatic rings. The number of hydrogen-bond donors (Lipinski definition) is 1. The normalized spacial score (nSPS) is 26.9. The molecule has 2 rings (SSSR count). The van der Waals surface area contributed by atoms with Crippen molar-refractivity contribution in [3.8, 4) is 0 Å².